The van der Waals surface area contributed by atoms with Gasteiger partial charge in [-0.15, -0.1) is 0 Å². The highest BCUT2D eigenvalue weighted by Crippen LogP contribution is 2.35. The van der Waals surface area contributed by atoms with Crippen LogP contribution in [0, 0.1) is 0 Å². The van der Waals surface area contributed by atoms with Crippen LogP contribution in [0.2, 0.25) is 10.0 Å². The van der Waals surface area contributed by atoms with Gasteiger partial charge in [-0.2, -0.15) is 0 Å². The van der Waals surface area contributed by atoms with E-state index in [1.807, 2.05) is 42.5 Å². The summed E-state index contributed by atoms with van der Waals surface area (Å²) in [5.74, 6) is 0. The number of hydrogen-bond acceptors (Lipinski definition) is 3. The Kier molecular flexibility index (Phi) is 3.97. The number of pyridine rings is 1. The Morgan fingerprint density at radius 1 is 0.917 bits per heavy atom. The number of nitrogens with zero attached hydrogens (tertiary/aromatic N) is 2. The number of halogens is 2. The van der Waals surface area contributed by atoms with Crippen LogP contribution in [0.3, 0.4) is 0 Å². The maximum Gasteiger partial charge on any atom is 0.143 e. The molecular formula is C19H12Cl2N2O. The molecule has 0 spiro atoms. The number of aromatic nitrogens is 1. The van der Waals surface area contributed by atoms with Crippen LogP contribution in [0.1, 0.15) is 16.7 Å². The molecule has 24 heavy (non-hydrogen) atoms. The molecule has 2 aromatic carbocycles. The molecule has 0 amide bonds. The van der Waals surface area contributed by atoms with Gasteiger partial charge in [0, 0.05) is 38.5 Å². The molecule has 0 saturated heterocycles. The first-order valence-electron chi connectivity index (χ1n) is 7.43. The van der Waals surface area contributed by atoms with E-state index in [9.17, 15) is 0 Å². The minimum Gasteiger partial charge on any atom is -0.390 e. The summed E-state index contributed by atoms with van der Waals surface area (Å²) in [4.78, 5) is 10.0. The molecule has 0 bridgehead atoms. The van der Waals surface area contributed by atoms with Gasteiger partial charge in [-0.05, 0) is 24.3 Å². The maximum absolute atomic E-state index is 6.16. The quantitative estimate of drug-likeness (QED) is 0.465. The molecule has 1 aromatic heterocycles. The molecule has 1 aliphatic carbocycles. The molecular weight excluding hydrogens is 343 g/mol. The van der Waals surface area contributed by atoms with E-state index in [0.717, 1.165) is 33.7 Å². The zero-order valence-corrected chi connectivity index (χ0v) is 14.1. The molecule has 0 atom stereocenters. The van der Waals surface area contributed by atoms with Crippen molar-refractivity contribution in [2.45, 2.75) is 6.61 Å². The van der Waals surface area contributed by atoms with Gasteiger partial charge >= 0.3 is 0 Å². The van der Waals surface area contributed by atoms with Crippen molar-refractivity contribution in [3.8, 4) is 11.3 Å². The van der Waals surface area contributed by atoms with Gasteiger partial charge in [-0.3, -0.25) is 4.98 Å². The standard InChI is InChI=1S/C19H12Cl2N2O/c20-13-8-7-12(17(21)10-13)11-24-23-19-15-5-2-1-4-14(15)18-16(19)6-3-9-22-18/h1-10H,11H2. The zero-order valence-electron chi connectivity index (χ0n) is 12.5. The number of benzene rings is 2. The van der Waals surface area contributed by atoms with E-state index in [2.05, 4.69) is 10.1 Å². The second-order valence-electron chi connectivity index (χ2n) is 5.39. The molecule has 0 saturated carbocycles. The van der Waals surface area contributed by atoms with Gasteiger partial charge in [0.05, 0.1) is 5.69 Å². The Bertz CT molecular complexity index is 906. The molecule has 3 nitrogen and oxygen atoms in total. The smallest absolute Gasteiger partial charge is 0.143 e. The summed E-state index contributed by atoms with van der Waals surface area (Å²) in [5.41, 5.74) is 5.62. The minimum atomic E-state index is 0.275. The average Bonchev–Trinajstić information content (AvgIpc) is 2.91. The number of oxime groups is 1. The van der Waals surface area contributed by atoms with E-state index in [0.29, 0.717) is 10.0 Å². The van der Waals surface area contributed by atoms with Crippen molar-refractivity contribution in [3.63, 3.8) is 0 Å². The Balaban J connectivity index is 1.65. The minimum absolute atomic E-state index is 0.275. The second-order valence-corrected chi connectivity index (χ2v) is 6.24. The molecule has 3 aromatic rings. The van der Waals surface area contributed by atoms with Gasteiger partial charge < -0.3 is 4.84 Å². The van der Waals surface area contributed by atoms with Gasteiger partial charge in [-0.25, -0.2) is 0 Å². The Hall–Kier alpha value is -2.36. The summed E-state index contributed by atoms with van der Waals surface area (Å²) < 4.78 is 0. The summed E-state index contributed by atoms with van der Waals surface area (Å²) in [6, 6.07) is 17.3. The molecule has 1 heterocycles. The molecule has 4 rings (SSSR count). The molecule has 0 radical (unpaired) electrons. The van der Waals surface area contributed by atoms with E-state index >= 15 is 0 Å². The first kappa shape index (κ1) is 15.2. The van der Waals surface area contributed by atoms with Crippen LogP contribution in [0.25, 0.3) is 11.3 Å². The molecule has 0 aliphatic heterocycles. The molecule has 118 valence electrons. The highest BCUT2D eigenvalue weighted by atomic mass is 35.5. The monoisotopic (exact) mass is 354 g/mol. The predicted octanol–water partition coefficient (Wildman–Crippen LogP) is 5.34. The van der Waals surface area contributed by atoms with Crippen molar-refractivity contribution in [3.05, 3.63) is 87.5 Å². The molecule has 5 heteroatoms. The third-order valence-electron chi connectivity index (χ3n) is 3.89. The van der Waals surface area contributed by atoms with Gasteiger partial charge in [0.15, 0.2) is 0 Å². The lowest BCUT2D eigenvalue weighted by Gasteiger charge is -2.05. The van der Waals surface area contributed by atoms with E-state index in [1.54, 1.807) is 18.3 Å². The molecule has 0 fully saturated rings. The van der Waals surface area contributed by atoms with Gasteiger partial charge in [0.25, 0.3) is 0 Å². The summed E-state index contributed by atoms with van der Waals surface area (Å²) in [7, 11) is 0. The summed E-state index contributed by atoms with van der Waals surface area (Å²) in [6.07, 6.45) is 1.78. The first-order valence-corrected chi connectivity index (χ1v) is 8.18. The predicted molar refractivity (Wildman–Crippen MR) is 96.6 cm³/mol. The van der Waals surface area contributed by atoms with Crippen LogP contribution in [0.4, 0.5) is 0 Å². The van der Waals surface area contributed by atoms with Crippen LogP contribution in [-0.4, -0.2) is 10.7 Å². The number of hydrogen-bond donors (Lipinski definition) is 0. The van der Waals surface area contributed by atoms with Crippen molar-refractivity contribution in [2.75, 3.05) is 0 Å². The van der Waals surface area contributed by atoms with Crippen molar-refractivity contribution < 1.29 is 4.84 Å². The highest BCUT2D eigenvalue weighted by molar-refractivity contribution is 6.35. The van der Waals surface area contributed by atoms with Crippen LogP contribution in [-0.2, 0) is 11.4 Å². The lowest BCUT2D eigenvalue weighted by Crippen LogP contribution is -2.00. The van der Waals surface area contributed by atoms with Crippen molar-refractivity contribution in [1.82, 2.24) is 4.98 Å². The summed E-state index contributed by atoms with van der Waals surface area (Å²) in [6.45, 7) is 0.275. The van der Waals surface area contributed by atoms with Crippen molar-refractivity contribution in [2.24, 2.45) is 5.16 Å². The summed E-state index contributed by atoms with van der Waals surface area (Å²) in [5, 5.41) is 5.51. The average molecular weight is 355 g/mol. The Labute approximate surface area is 149 Å². The number of rotatable bonds is 3. The fourth-order valence-electron chi connectivity index (χ4n) is 2.76. The van der Waals surface area contributed by atoms with E-state index < -0.39 is 0 Å². The lowest BCUT2D eigenvalue weighted by atomic mass is 10.1. The maximum atomic E-state index is 6.16. The van der Waals surface area contributed by atoms with Gasteiger partial charge in [-0.1, -0.05) is 58.7 Å². The van der Waals surface area contributed by atoms with Crippen LogP contribution in [0.15, 0.2) is 65.9 Å². The SMILES string of the molecule is Clc1ccc(CON=C2c3ccccc3-c3ncccc32)c(Cl)c1. The van der Waals surface area contributed by atoms with Crippen LogP contribution in [0.5, 0.6) is 0 Å². The second kappa shape index (κ2) is 6.27. The van der Waals surface area contributed by atoms with Gasteiger partial charge in [0.1, 0.15) is 12.3 Å². The van der Waals surface area contributed by atoms with Crippen LogP contribution >= 0.6 is 23.2 Å². The molecule has 1 aliphatic rings. The zero-order chi connectivity index (χ0) is 16.5. The topological polar surface area (TPSA) is 34.5 Å². The Morgan fingerprint density at radius 2 is 1.71 bits per heavy atom. The van der Waals surface area contributed by atoms with Crippen molar-refractivity contribution in [1.29, 1.82) is 0 Å². The summed E-state index contributed by atoms with van der Waals surface area (Å²) >= 11 is 12.1. The van der Waals surface area contributed by atoms with Gasteiger partial charge in [0.2, 0.25) is 0 Å². The van der Waals surface area contributed by atoms with E-state index in [-0.39, 0.29) is 6.61 Å². The number of fused-ring (bicyclic) bond motifs is 3. The first-order chi connectivity index (χ1) is 11.7. The van der Waals surface area contributed by atoms with Crippen LogP contribution < -0.4 is 0 Å². The van der Waals surface area contributed by atoms with Crippen molar-refractivity contribution >= 4 is 28.9 Å². The van der Waals surface area contributed by atoms with E-state index in [1.165, 1.54) is 0 Å². The third kappa shape index (κ3) is 2.66. The lowest BCUT2D eigenvalue weighted by molar-refractivity contribution is 0.131. The fourth-order valence-corrected chi connectivity index (χ4v) is 3.22. The largest absolute Gasteiger partial charge is 0.390 e. The molecule has 0 N–H and O–H groups in total. The normalized spacial score (nSPS) is 13.7. The highest BCUT2D eigenvalue weighted by Gasteiger charge is 2.25. The fraction of sp³-hybridized carbons (Fsp3) is 0.0526. The Morgan fingerprint density at radius 3 is 2.54 bits per heavy atom. The molecule has 0 unspecified atom stereocenters. The third-order valence-corrected chi connectivity index (χ3v) is 4.48. The van der Waals surface area contributed by atoms with E-state index in [4.69, 9.17) is 28.0 Å².